The minimum atomic E-state index is -3.13. The van der Waals surface area contributed by atoms with Gasteiger partial charge < -0.3 is 15.1 Å². The van der Waals surface area contributed by atoms with Crippen LogP contribution in [0.15, 0.2) is 29.4 Å². The molecular formula is C18H32N6O2S. The number of anilines is 1. The molecule has 0 aliphatic carbocycles. The third-order valence-corrected chi connectivity index (χ3v) is 5.92. The van der Waals surface area contributed by atoms with Crippen LogP contribution >= 0.6 is 0 Å². The number of aliphatic imine (C=N–C) groups is 1. The molecule has 152 valence electrons. The monoisotopic (exact) mass is 396 g/mol. The topological polar surface area (TPSA) is 81.1 Å². The van der Waals surface area contributed by atoms with Crippen LogP contribution in [-0.4, -0.2) is 87.2 Å². The van der Waals surface area contributed by atoms with Gasteiger partial charge in [-0.05, 0) is 25.5 Å². The van der Waals surface area contributed by atoms with Gasteiger partial charge in [-0.1, -0.05) is 13.0 Å². The molecule has 9 heteroatoms. The van der Waals surface area contributed by atoms with Crippen LogP contribution in [0.5, 0.6) is 0 Å². The van der Waals surface area contributed by atoms with Crippen LogP contribution < -0.4 is 10.2 Å². The molecule has 1 N–H and O–H groups in total. The number of sulfonamides is 1. The lowest BCUT2D eigenvalue weighted by atomic mass is 10.3. The van der Waals surface area contributed by atoms with Crippen LogP contribution in [0.4, 0.5) is 5.82 Å². The van der Waals surface area contributed by atoms with Gasteiger partial charge in [0.05, 0.1) is 6.26 Å². The van der Waals surface area contributed by atoms with Gasteiger partial charge >= 0.3 is 0 Å². The van der Waals surface area contributed by atoms with Crippen LogP contribution in [0.25, 0.3) is 0 Å². The number of pyridine rings is 1. The summed E-state index contributed by atoms with van der Waals surface area (Å²) in [5.41, 5.74) is 0. The Morgan fingerprint density at radius 2 is 2.00 bits per heavy atom. The van der Waals surface area contributed by atoms with E-state index in [1.54, 1.807) is 0 Å². The lowest BCUT2D eigenvalue weighted by Crippen LogP contribution is -2.52. The molecule has 1 saturated heterocycles. The van der Waals surface area contributed by atoms with Crippen molar-refractivity contribution in [3.8, 4) is 0 Å². The second-order valence-corrected chi connectivity index (χ2v) is 8.49. The lowest BCUT2D eigenvalue weighted by Gasteiger charge is -2.37. The molecule has 8 nitrogen and oxygen atoms in total. The third kappa shape index (κ3) is 6.66. The van der Waals surface area contributed by atoms with Gasteiger partial charge in [-0.2, -0.15) is 0 Å². The van der Waals surface area contributed by atoms with E-state index >= 15 is 0 Å². The van der Waals surface area contributed by atoms with Crippen molar-refractivity contribution in [3.63, 3.8) is 0 Å². The first kappa shape index (κ1) is 21.4. The first-order valence-corrected chi connectivity index (χ1v) is 11.4. The molecule has 27 heavy (non-hydrogen) atoms. The fraction of sp³-hybridized carbons (Fsp3) is 0.667. The van der Waals surface area contributed by atoms with E-state index < -0.39 is 10.0 Å². The normalized spacial score (nSPS) is 16.1. The van der Waals surface area contributed by atoms with Crippen LogP contribution in [0.1, 0.15) is 20.3 Å². The van der Waals surface area contributed by atoms with Gasteiger partial charge in [0.25, 0.3) is 0 Å². The molecule has 1 fully saturated rings. The van der Waals surface area contributed by atoms with Crippen molar-refractivity contribution in [2.75, 3.05) is 63.5 Å². The van der Waals surface area contributed by atoms with Crippen LogP contribution in [0.3, 0.4) is 0 Å². The summed E-state index contributed by atoms with van der Waals surface area (Å²) in [7, 11) is -3.13. The van der Waals surface area contributed by atoms with Crippen molar-refractivity contribution in [2.24, 2.45) is 4.99 Å². The van der Waals surface area contributed by atoms with E-state index in [0.717, 1.165) is 44.5 Å². The molecular weight excluding hydrogens is 364 g/mol. The summed E-state index contributed by atoms with van der Waals surface area (Å²) in [5, 5.41) is 3.35. The number of nitrogens with zero attached hydrogens (tertiary/aromatic N) is 5. The van der Waals surface area contributed by atoms with Gasteiger partial charge in [-0.3, -0.25) is 4.99 Å². The lowest BCUT2D eigenvalue weighted by molar-refractivity contribution is 0.370. The van der Waals surface area contributed by atoms with Crippen molar-refractivity contribution in [1.29, 1.82) is 0 Å². The van der Waals surface area contributed by atoms with Crippen molar-refractivity contribution < 1.29 is 8.42 Å². The summed E-state index contributed by atoms with van der Waals surface area (Å²) in [5.74, 6) is 1.92. The van der Waals surface area contributed by atoms with E-state index in [0.29, 0.717) is 26.1 Å². The van der Waals surface area contributed by atoms with Gasteiger partial charge in [0.15, 0.2) is 5.96 Å². The molecule has 1 aromatic heterocycles. The number of guanidine groups is 1. The maximum absolute atomic E-state index is 11.6. The standard InChI is InChI=1S/C18H32N6O2S/c1-4-19-18(21-11-8-12-24(5-2)27(3,25)26)23-15-13-22(14-16-23)17-9-6-7-10-20-17/h6-7,9-10H,4-5,8,11-16H2,1-3H3,(H,19,21). The Balaban J connectivity index is 1.86. The highest BCUT2D eigenvalue weighted by Gasteiger charge is 2.20. The Bertz CT molecular complexity index is 687. The molecule has 0 unspecified atom stereocenters. The van der Waals surface area contributed by atoms with Crippen molar-refractivity contribution in [1.82, 2.24) is 19.5 Å². The molecule has 2 rings (SSSR count). The number of hydrogen-bond acceptors (Lipinski definition) is 5. The fourth-order valence-corrected chi connectivity index (χ4v) is 4.03. The number of nitrogens with one attached hydrogen (secondary N) is 1. The van der Waals surface area contributed by atoms with Crippen molar-refractivity contribution in [3.05, 3.63) is 24.4 Å². The quantitative estimate of drug-likeness (QED) is 0.398. The number of hydrogen-bond donors (Lipinski definition) is 1. The maximum atomic E-state index is 11.6. The van der Waals surface area contributed by atoms with E-state index in [-0.39, 0.29) is 0 Å². The van der Waals surface area contributed by atoms with Gasteiger partial charge in [0.2, 0.25) is 10.0 Å². The highest BCUT2D eigenvalue weighted by molar-refractivity contribution is 7.88. The second kappa shape index (κ2) is 10.5. The zero-order chi connectivity index (χ0) is 19.7. The summed E-state index contributed by atoms with van der Waals surface area (Å²) in [4.78, 5) is 13.7. The summed E-state index contributed by atoms with van der Waals surface area (Å²) < 4.78 is 24.8. The van der Waals surface area contributed by atoms with Gasteiger partial charge in [0, 0.05) is 58.6 Å². The minimum Gasteiger partial charge on any atom is -0.357 e. The molecule has 0 saturated carbocycles. The SMILES string of the molecule is CCNC(=NCCCN(CC)S(C)(=O)=O)N1CCN(c2ccccn2)CC1. The van der Waals surface area contributed by atoms with E-state index in [9.17, 15) is 8.42 Å². The summed E-state index contributed by atoms with van der Waals surface area (Å²) in [6.07, 6.45) is 3.79. The van der Waals surface area contributed by atoms with E-state index in [1.165, 1.54) is 10.6 Å². The summed E-state index contributed by atoms with van der Waals surface area (Å²) in [6, 6.07) is 5.98. The first-order chi connectivity index (χ1) is 13.0. The Labute approximate surface area is 163 Å². The highest BCUT2D eigenvalue weighted by atomic mass is 32.2. The number of piperazine rings is 1. The molecule has 0 radical (unpaired) electrons. The van der Waals surface area contributed by atoms with Crippen LogP contribution in [0, 0.1) is 0 Å². The summed E-state index contributed by atoms with van der Waals surface area (Å²) in [6.45, 7) is 9.90. The van der Waals surface area contributed by atoms with Crippen LogP contribution in [-0.2, 0) is 10.0 Å². The Kier molecular flexibility index (Phi) is 8.30. The predicted octanol–water partition coefficient (Wildman–Crippen LogP) is 0.841. The van der Waals surface area contributed by atoms with Crippen molar-refractivity contribution >= 4 is 21.8 Å². The minimum absolute atomic E-state index is 0.498. The van der Waals surface area contributed by atoms with E-state index in [2.05, 4.69) is 27.0 Å². The zero-order valence-corrected chi connectivity index (χ0v) is 17.5. The molecule has 0 aromatic carbocycles. The fourth-order valence-electron chi connectivity index (χ4n) is 3.10. The molecule has 1 aliphatic rings. The Morgan fingerprint density at radius 3 is 2.56 bits per heavy atom. The summed E-state index contributed by atoms with van der Waals surface area (Å²) >= 11 is 0. The largest absolute Gasteiger partial charge is 0.357 e. The smallest absolute Gasteiger partial charge is 0.211 e. The average Bonchev–Trinajstić information content (AvgIpc) is 2.67. The van der Waals surface area contributed by atoms with Gasteiger partial charge in [-0.15, -0.1) is 0 Å². The molecule has 0 amide bonds. The molecule has 1 aromatic rings. The predicted molar refractivity (Wildman–Crippen MR) is 111 cm³/mol. The average molecular weight is 397 g/mol. The zero-order valence-electron chi connectivity index (χ0n) is 16.6. The highest BCUT2D eigenvalue weighted by Crippen LogP contribution is 2.12. The Morgan fingerprint density at radius 1 is 1.26 bits per heavy atom. The van der Waals surface area contributed by atoms with Gasteiger partial charge in [-0.25, -0.2) is 17.7 Å². The molecule has 0 bridgehead atoms. The number of rotatable bonds is 8. The number of aromatic nitrogens is 1. The van der Waals surface area contributed by atoms with Crippen LogP contribution in [0.2, 0.25) is 0 Å². The Hall–Kier alpha value is -1.87. The van der Waals surface area contributed by atoms with Crippen molar-refractivity contribution in [2.45, 2.75) is 20.3 Å². The van der Waals surface area contributed by atoms with E-state index in [1.807, 2.05) is 31.3 Å². The molecule has 2 heterocycles. The third-order valence-electron chi connectivity index (χ3n) is 4.54. The molecule has 1 aliphatic heterocycles. The van der Waals surface area contributed by atoms with Gasteiger partial charge in [0.1, 0.15) is 5.82 Å². The molecule has 0 atom stereocenters. The maximum Gasteiger partial charge on any atom is 0.211 e. The van der Waals surface area contributed by atoms with E-state index in [4.69, 9.17) is 4.99 Å². The molecule has 0 spiro atoms. The second-order valence-electron chi connectivity index (χ2n) is 6.51. The first-order valence-electron chi connectivity index (χ1n) is 9.60.